The first-order valence-electron chi connectivity index (χ1n) is 5.65. The van der Waals surface area contributed by atoms with E-state index in [0.29, 0.717) is 6.04 Å². The molecular formula is C14H16N2O. The molecule has 1 N–H and O–H groups in total. The second-order valence-corrected chi connectivity index (χ2v) is 3.88. The number of furan rings is 1. The van der Waals surface area contributed by atoms with Crippen LogP contribution in [0.5, 0.6) is 0 Å². The van der Waals surface area contributed by atoms with Crippen molar-refractivity contribution in [3.05, 3.63) is 48.5 Å². The summed E-state index contributed by atoms with van der Waals surface area (Å²) >= 11 is 0. The third-order valence-electron chi connectivity index (χ3n) is 2.58. The summed E-state index contributed by atoms with van der Waals surface area (Å²) in [4.78, 5) is 4.07. The first-order chi connectivity index (χ1) is 8.29. The van der Waals surface area contributed by atoms with Crippen molar-refractivity contribution in [2.75, 3.05) is 7.05 Å². The summed E-state index contributed by atoms with van der Waals surface area (Å²) in [6, 6.07) is 8.13. The Balaban J connectivity index is 2.14. The van der Waals surface area contributed by atoms with Crippen LogP contribution in [0.2, 0.25) is 0 Å². The molecule has 0 saturated heterocycles. The zero-order valence-electron chi connectivity index (χ0n) is 10.1. The van der Waals surface area contributed by atoms with Gasteiger partial charge in [-0.15, -0.1) is 0 Å². The highest BCUT2D eigenvalue weighted by molar-refractivity contribution is 5.58. The summed E-state index contributed by atoms with van der Waals surface area (Å²) in [6.07, 6.45) is 7.58. The molecule has 0 aliphatic rings. The van der Waals surface area contributed by atoms with Crippen LogP contribution in [0.1, 0.15) is 12.7 Å². The lowest BCUT2D eigenvalue weighted by atomic mass is 10.2. The Kier molecular flexibility index (Phi) is 3.73. The minimum atomic E-state index is 0.335. The molecule has 0 aromatic carbocycles. The molecule has 1 unspecified atom stereocenters. The lowest BCUT2D eigenvalue weighted by molar-refractivity contribution is 0.570. The van der Waals surface area contributed by atoms with Crippen LogP contribution < -0.4 is 5.32 Å². The van der Waals surface area contributed by atoms with E-state index in [0.717, 1.165) is 17.1 Å². The van der Waals surface area contributed by atoms with E-state index in [1.165, 1.54) is 0 Å². The van der Waals surface area contributed by atoms with E-state index < -0.39 is 0 Å². The molecule has 0 saturated carbocycles. The maximum atomic E-state index is 5.71. The molecule has 0 aliphatic heterocycles. The van der Waals surface area contributed by atoms with E-state index in [4.69, 9.17) is 4.42 Å². The van der Waals surface area contributed by atoms with Gasteiger partial charge >= 0.3 is 0 Å². The largest absolute Gasteiger partial charge is 0.457 e. The molecule has 0 bridgehead atoms. The Morgan fingerprint density at radius 1 is 1.35 bits per heavy atom. The van der Waals surface area contributed by atoms with Crippen molar-refractivity contribution in [3.8, 4) is 11.3 Å². The van der Waals surface area contributed by atoms with Crippen LogP contribution in [0.4, 0.5) is 0 Å². The van der Waals surface area contributed by atoms with Gasteiger partial charge in [-0.3, -0.25) is 4.98 Å². The number of rotatable bonds is 4. The van der Waals surface area contributed by atoms with Gasteiger partial charge in [-0.25, -0.2) is 0 Å². The van der Waals surface area contributed by atoms with E-state index in [9.17, 15) is 0 Å². The molecule has 2 rings (SSSR count). The summed E-state index contributed by atoms with van der Waals surface area (Å²) in [5.74, 6) is 1.70. The molecule has 3 nitrogen and oxygen atoms in total. The monoisotopic (exact) mass is 228 g/mol. The van der Waals surface area contributed by atoms with Gasteiger partial charge in [-0.1, -0.05) is 6.08 Å². The number of hydrogen-bond donors (Lipinski definition) is 1. The minimum Gasteiger partial charge on any atom is -0.457 e. The molecule has 3 heteroatoms. The summed E-state index contributed by atoms with van der Waals surface area (Å²) in [6.45, 7) is 2.08. The number of nitrogens with zero attached hydrogens (tertiary/aromatic N) is 1. The van der Waals surface area contributed by atoms with Crippen LogP contribution >= 0.6 is 0 Å². The molecule has 0 amide bonds. The molecule has 17 heavy (non-hydrogen) atoms. The summed E-state index contributed by atoms with van der Waals surface area (Å²) in [5.41, 5.74) is 0.994. The summed E-state index contributed by atoms with van der Waals surface area (Å²) < 4.78 is 5.71. The fourth-order valence-corrected chi connectivity index (χ4v) is 1.44. The quantitative estimate of drug-likeness (QED) is 0.874. The zero-order chi connectivity index (χ0) is 12.1. The highest BCUT2D eigenvalue weighted by atomic mass is 16.3. The Morgan fingerprint density at radius 2 is 2.24 bits per heavy atom. The predicted octanol–water partition coefficient (Wildman–Crippen LogP) is 2.96. The Bertz CT molecular complexity index is 488. The normalized spacial score (nSPS) is 13.1. The van der Waals surface area contributed by atoms with Crippen LogP contribution in [0.3, 0.4) is 0 Å². The Morgan fingerprint density at radius 3 is 2.94 bits per heavy atom. The molecule has 88 valence electrons. The molecule has 2 aromatic rings. The fraction of sp³-hybridized carbons (Fsp3) is 0.214. The van der Waals surface area contributed by atoms with E-state index >= 15 is 0 Å². The molecule has 1 atom stereocenters. The minimum absolute atomic E-state index is 0.335. The third kappa shape index (κ3) is 3.04. The molecule has 0 spiro atoms. The van der Waals surface area contributed by atoms with Crippen molar-refractivity contribution in [3.63, 3.8) is 0 Å². The zero-order valence-corrected chi connectivity index (χ0v) is 10.1. The van der Waals surface area contributed by atoms with Gasteiger partial charge < -0.3 is 9.73 Å². The van der Waals surface area contributed by atoms with E-state index in [1.807, 2.05) is 37.4 Å². The van der Waals surface area contributed by atoms with Crippen LogP contribution in [0.25, 0.3) is 17.4 Å². The lowest BCUT2D eigenvalue weighted by Crippen LogP contribution is -2.17. The summed E-state index contributed by atoms with van der Waals surface area (Å²) in [5, 5.41) is 3.14. The van der Waals surface area contributed by atoms with Gasteiger partial charge in [0.1, 0.15) is 11.5 Å². The van der Waals surface area contributed by atoms with Crippen molar-refractivity contribution in [1.82, 2.24) is 10.3 Å². The topological polar surface area (TPSA) is 38.1 Å². The van der Waals surface area contributed by atoms with Gasteiger partial charge in [0.25, 0.3) is 0 Å². The van der Waals surface area contributed by atoms with Crippen LogP contribution in [0, 0.1) is 0 Å². The number of likely N-dealkylation sites (N-methyl/N-ethyl adjacent to an activating group) is 1. The van der Waals surface area contributed by atoms with E-state index in [1.54, 1.807) is 12.4 Å². The van der Waals surface area contributed by atoms with E-state index in [-0.39, 0.29) is 0 Å². The first kappa shape index (κ1) is 11.6. The molecule has 0 radical (unpaired) electrons. The van der Waals surface area contributed by atoms with Crippen LogP contribution in [0.15, 0.2) is 47.2 Å². The average Bonchev–Trinajstić information content (AvgIpc) is 2.86. The van der Waals surface area contributed by atoms with E-state index in [2.05, 4.69) is 23.3 Å². The van der Waals surface area contributed by atoms with Crippen molar-refractivity contribution >= 4 is 6.08 Å². The highest BCUT2D eigenvalue weighted by Crippen LogP contribution is 2.21. The van der Waals surface area contributed by atoms with Gasteiger partial charge in [-0.2, -0.15) is 0 Å². The van der Waals surface area contributed by atoms with Crippen molar-refractivity contribution in [2.45, 2.75) is 13.0 Å². The first-order valence-corrected chi connectivity index (χ1v) is 5.65. The van der Waals surface area contributed by atoms with Gasteiger partial charge in [0, 0.05) is 24.0 Å². The van der Waals surface area contributed by atoms with Crippen molar-refractivity contribution in [2.24, 2.45) is 0 Å². The molecular weight excluding hydrogens is 212 g/mol. The predicted molar refractivity (Wildman–Crippen MR) is 69.5 cm³/mol. The average molecular weight is 228 g/mol. The fourth-order valence-electron chi connectivity index (χ4n) is 1.44. The Hall–Kier alpha value is -1.87. The second kappa shape index (κ2) is 5.46. The highest BCUT2D eigenvalue weighted by Gasteiger charge is 2.02. The summed E-state index contributed by atoms with van der Waals surface area (Å²) in [7, 11) is 1.93. The molecule has 2 heterocycles. The van der Waals surface area contributed by atoms with Crippen molar-refractivity contribution < 1.29 is 4.42 Å². The second-order valence-electron chi connectivity index (χ2n) is 3.88. The van der Waals surface area contributed by atoms with Gasteiger partial charge in [0.05, 0.1) is 0 Å². The molecule has 0 fully saturated rings. The number of hydrogen-bond acceptors (Lipinski definition) is 3. The van der Waals surface area contributed by atoms with Crippen LogP contribution in [-0.4, -0.2) is 18.1 Å². The SMILES string of the molecule is CNC(C)/C=C/c1ccc(-c2cccnc2)o1. The maximum absolute atomic E-state index is 5.71. The molecule has 2 aromatic heterocycles. The van der Waals surface area contributed by atoms with Gasteiger partial charge in [0.15, 0.2) is 0 Å². The Labute approximate surface area is 101 Å². The van der Waals surface area contributed by atoms with Crippen LogP contribution in [-0.2, 0) is 0 Å². The van der Waals surface area contributed by atoms with Gasteiger partial charge in [0.2, 0.25) is 0 Å². The number of aromatic nitrogens is 1. The standard InChI is InChI=1S/C14H16N2O/c1-11(15-2)5-6-13-7-8-14(17-13)12-4-3-9-16-10-12/h3-11,15H,1-2H3/b6-5+. The lowest BCUT2D eigenvalue weighted by Gasteiger charge is -2.00. The smallest absolute Gasteiger partial charge is 0.136 e. The van der Waals surface area contributed by atoms with Crippen molar-refractivity contribution in [1.29, 1.82) is 0 Å². The third-order valence-corrected chi connectivity index (χ3v) is 2.58. The number of nitrogens with one attached hydrogen (secondary N) is 1. The maximum Gasteiger partial charge on any atom is 0.136 e. The number of pyridine rings is 1. The molecule has 0 aliphatic carbocycles. The van der Waals surface area contributed by atoms with Gasteiger partial charge in [-0.05, 0) is 44.3 Å².